The van der Waals surface area contributed by atoms with Crippen molar-refractivity contribution in [2.24, 2.45) is 0 Å². The topological polar surface area (TPSA) is 103 Å². The quantitative estimate of drug-likeness (QED) is 0.477. The summed E-state index contributed by atoms with van der Waals surface area (Å²) >= 11 is 5.80. The number of furan rings is 1. The molecule has 2 N–H and O–H groups in total. The SMILES string of the molecule is N#C/C(=C\c1ccc(-c2cccc(C(=O)O)c2)o1)C(=O)Nc1ccc(Cl)cc1. The predicted octanol–water partition coefficient (Wildman–Crippen LogP) is 4.84. The molecule has 1 heterocycles. The van der Waals surface area contributed by atoms with Gasteiger partial charge in [0, 0.05) is 22.3 Å². The molecule has 0 bridgehead atoms. The van der Waals surface area contributed by atoms with E-state index in [0.29, 0.717) is 27.8 Å². The van der Waals surface area contributed by atoms with Crippen molar-refractivity contribution >= 4 is 35.2 Å². The maximum Gasteiger partial charge on any atom is 0.335 e. The summed E-state index contributed by atoms with van der Waals surface area (Å²) in [7, 11) is 0. The van der Waals surface area contributed by atoms with Crippen LogP contribution in [0.25, 0.3) is 17.4 Å². The minimum atomic E-state index is -1.04. The van der Waals surface area contributed by atoms with Crippen molar-refractivity contribution in [1.29, 1.82) is 5.26 Å². The van der Waals surface area contributed by atoms with Gasteiger partial charge in [-0.2, -0.15) is 5.26 Å². The zero-order valence-electron chi connectivity index (χ0n) is 14.3. The Labute approximate surface area is 165 Å². The van der Waals surface area contributed by atoms with E-state index in [9.17, 15) is 14.9 Å². The van der Waals surface area contributed by atoms with E-state index in [-0.39, 0.29) is 11.1 Å². The smallest absolute Gasteiger partial charge is 0.335 e. The Morgan fingerprint density at radius 2 is 1.86 bits per heavy atom. The Kier molecular flexibility index (Phi) is 5.58. The molecule has 138 valence electrons. The van der Waals surface area contributed by atoms with E-state index in [1.165, 1.54) is 18.2 Å². The van der Waals surface area contributed by atoms with Gasteiger partial charge in [-0.15, -0.1) is 0 Å². The highest BCUT2D eigenvalue weighted by molar-refractivity contribution is 6.30. The summed E-state index contributed by atoms with van der Waals surface area (Å²) in [4.78, 5) is 23.4. The van der Waals surface area contributed by atoms with Crippen LogP contribution in [0.3, 0.4) is 0 Å². The fraction of sp³-hybridized carbons (Fsp3) is 0. The van der Waals surface area contributed by atoms with Gasteiger partial charge in [-0.1, -0.05) is 23.7 Å². The molecule has 3 aromatic rings. The van der Waals surface area contributed by atoms with Gasteiger partial charge in [0.05, 0.1) is 5.56 Å². The van der Waals surface area contributed by atoms with Gasteiger partial charge in [0.1, 0.15) is 23.2 Å². The van der Waals surface area contributed by atoms with Crippen LogP contribution in [0.2, 0.25) is 5.02 Å². The Hall–Kier alpha value is -3.82. The Morgan fingerprint density at radius 3 is 2.54 bits per heavy atom. The van der Waals surface area contributed by atoms with E-state index in [2.05, 4.69) is 5.32 Å². The van der Waals surface area contributed by atoms with E-state index >= 15 is 0 Å². The molecule has 0 saturated heterocycles. The van der Waals surface area contributed by atoms with Crippen molar-refractivity contribution < 1.29 is 19.1 Å². The first-order valence-electron chi connectivity index (χ1n) is 8.08. The molecule has 0 aliphatic carbocycles. The predicted molar refractivity (Wildman–Crippen MR) is 105 cm³/mol. The average Bonchev–Trinajstić information content (AvgIpc) is 3.16. The maximum atomic E-state index is 12.3. The van der Waals surface area contributed by atoms with Gasteiger partial charge in [-0.3, -0.25) is 4.79 Å². The van der Waals surface area contributed by atoms with Crippen molar-refractivity contribution in [1.82, 2.24) is 0 Å². The van der Waals surface area contributed by atoms with Crippen LogP contribution in [0, 0.1) is 11.3 Å². The van der Waals surface area contributed by atoms with Crippen LogP contribution < -0.4 is 5.32 Å². The van der Waals surface area contributed by atoms with Crippen LogP contribution >= 0.6 is 11.6 Å². The lowest BCUT2D eigenvalue weighted by atomic mass is 10.1. The molecule has 0 fully saturated rings. The third-order valence-electron chi connectivity index (χ3n) is 3.77. The van der Waals surface area contributed by atoms with Gasteiger partial charge in [-0.05, 0) is 48.5 Å². The second-order valence-electron chi connectivity index (χ2n) is 5.72. The largest absolute Gasteiger partial charge is 0.478 e. The van der Waals surface area contributed by atoms with Crippen LogP contribution in [0.1, 0.15) is 16.1 Å². The number of nitrogens with zero attached hydrogens (tertiary/aromatic N) is 1. The van der Waals surface area contributed by atoms with Crippen molar-refractivity contribution in [2.75, 3.05) is 5.32 Å². The standard InChI is InChI=1S/C21H13ClN2O4/c22-16-4-6-17(7-5-16)24-20(25)15(12-23)11-18-8-9-19(28-18)13-2-1-3-14(10-13)21(26)27/h1-11H,(H,24,25)(H,26,27)/b15-11+. The van der Waals surface area contributed by atoms with Gasteiger partial charge in [0.25, 0.3) is 5.91 Å². The molecule has 0 atom stereocenters. The molecule has 28 heavy (non-hydrogen) atoms. The number of amides is 1. The molecule has 0 radical (unpaired) electrons. The van der Waals surface area contributed by atoms with Gasteiger partial charge in [0.15, 0.2) is 0 Å². The van der Waals surface area contributed by atoms with Crippen LogP contribution in [0.5, 0.6) is 0 Å². The van der Waals surface area contributed by atoms with Crippen LogP contribution in [0.15, 0.2) is 70.7 Å². The lowest BCUT2D eigenvalue weighted by molar-refractivity contribution is -0.112. The van der Waals surface area contributed by atoms with Gasteiger partial charge < -0.3 is 14.8 Å². The second kappa shape index (κ2) is 8.25. The molecule has 0 aliphatic heterocycles. The van der Waals surface area contributed by atoms with E-state index in [1.807, 2.05) is 6.07 Å². The van der Waals surface area contributed by atoms with E-state index in [0.717, 1.165) is 0 Å². The van der Waals surface area contributed by atoms with Crippen molar-refractivity contribution in [2.45, 2.75) is 0 Å². The Balaban J connectivity index is 1.81. The number of carboxylic acid groups (broad SMARTS) is 1. The number of aromatic carboxylic acids is 1. The van der Waals surface area contributed by atoms with Gasteiger partial charge in [-0.25, -0.2) is 4.79 Å². The van der Waals surface area contributed by atoms with Crippen LogP contribution in [-0.2, 0) is 4.79 Å². The van der Waals surface area contributed by atoms with Gasteiger partial charge >= 0.3 is 5.97 Å². The normalized spacial score (nSPS) is 10.9. The summed E-state index contributed by atoms with van der Waals surface area (Å²) in [6.45, 7) is 0. The Morgan fingerprint density at radius 1 is 1.11 bits per heavy atom. The number of carboxylic acids is 1. The summed E-state index contributed by atoms with van der Waals surface area (Å²) in [5.41, 5.74) is 1.06. The fourth-order valence-corrected chi connectivity index (χ4v) is 2.54. The minimum Gasteiger partial charge on any atom is -0.478 e. The molecule has 7 heteroatoms. The highest BCUT2D eigenvalue weighted by Crippen LogP contribution is 2.24. The molecule has 6 nitrogen and oxygen atoms in total. The molecule has 2 aromatic carbocycles. The zero-order chi connectivity index (χ0) is 20.1. The summed E-state index contributed by atoms with van der Waals surface area (Å²) in [5.74, 6) is -0.918. The highest BCUT2D eigenvalue weighted by Gasteiger charge is 2.12. The van der Waals surface area contributed by atoms with Crippen molar-refractivity contribution in [3.63, 3.8) is 0 Å². The summed E-state index contributed by atoms with van der Waals surface area (Å²) in [6, 6.07) is 17.8. The molecule has 1 aromatic heterocycles. The van der Waals surface area contributed by atoms with Crippen molar-refractivity contribution in [3.8, 4) is 17.4 Å². The number of anilines is 1. The zero-order valence-corrected chi connectivity index (χ0v) is 15.1. The molecule has 0 aliphatic rings. The molecular formula is C21H13ClN2O4. The fourth-order valence-electron chi connectivity index (χ4n) is 2.41. The minimum absolute atomic E-state index is 0.131. The van der Waals surface area contributed by atoms with Gasteiger partial charge in [0.2, 0.25) is 0 Å². The third kappa shape index (κ3) is 4.47. The first kappa shape index (κ1) is 19.0. The lowest BCUT2D eigenvalue weighted by Gasteiger charge is -2.03. The Bertz CT molecular complexity index is 1110. The number of carbonyl (C=O) groups excluding carboxylic acids is 1. The maximum absolute atomic E-state index is 12.3. The van der Waals surface area contributed by atoms with E-state index in [1.54, 1.807) is 48.5 Å². The van der Waals surface area contributed by atoms with Crippen molar-refractivity contribution in [3.05, 3.63) is 82.6 Å². The summed E-state index contributed by atoms with van der Waals surface area (Å²) in [6.07, 6.45) is 1.32. The first-order valence-corrected chi connectivity index (χ1v) is 8.46. The number of benzene rings is 2. The number of nitrogens with one attached hydrogen (secondary N) is 1. The highest BCUT2D eigenvalue weighted by atomic mass is 35.5. The number of halogens is 1. The average molecular weight is 393 g/mol. The van der Waals surface area contributed by atoms with Crippen LogP contribution in [0.4, 0.5) is 5.69 Å². The third-order valence-corrected chi connectivity index (χ3v) is 4.03. The number of carbonyl (C=O) groups is 2. The summed E-state index contributed by atoms with van der Waals surface area (Å²) in [5, 5.41) is 21.5. The number of hydrogen-bond acceptors (Lipinski definition) is 4. The molecule has 0 saturated carbocycles. The van der Waals surface area contributed by atoms with E-state index in [4.69, 9.17) is 21.1 Å². The number of hydrogen-bond donors (Lipinski definition) is 2. The summed E-state index contributed by atoms with van der Waals surface area (Å²) < 4.78 is 5.63. The number of rotatable bonds is 5. The van der Waals surface area contributed by atoms with E-state index < -0.39 is 11.9 Å². The molecule has 0 spiro atoms. The molecule has 0 unspecified atom stereocenters. The lowest BCUT2D eigenvalue weighted by Crippen LogP contribution is -2.13. The molecule has 1 amide bonds. The second-order valence-corrected chi connectivity index (χ2v) is 6.16. The van der Waals surface area contributed by atoms with Crippen LogP contribution in [-0.4, -0.2) is 17.0 Å². The molecule has 3 rings (SSSR count). The first-order chi connectivity index (χ1) is 13.5. The molecular weight excluding hydrogens is 380 g/mol. The monoisotopic (exact) mass is 392 g/mol. The number of nitriles is 1.